The van der Waals surface area contributed by atoms with Gasteiger partial charge in [0.2, 0.25) is 5.91 Å². The number of hydrogen-bond donors (Lipinski definition) is 2. The van der Waals surface area contributed by atoms with E-state index in [0.717, 1.165) is 0 Å². The Morgan fingerprint density at radius 2 is 2.64 bits per heavy atom. The normalized spacial score (nSPS) is 24.2. The highest BCUT2D eigenvalue weighted by atomic mass is 16.7. The van der Waals surface area contributed by atoms with Gasteiger partial charge in [0.15, 0.2) is 0 Å². The van der Waals surface area contributed by atoms with Crippen molar-refractivity contribution >= 4 is 5.91 Å². The highest BCUT2D eigenvalue weighted by Crippen LogP contribution is 2.09. The number of β-amino-alcohol motifs (C(OH)–C–C–N with tert-alkyl or cyclic N) is 1. The predicted octanol–water partition coefficient (Wildman–Crippen LogP) is -1.27. The van der Waals surface area contributed by atoms with E-state index in [1.807, 2.05) is 0 Å². The molecular weight excluding hydrogens is 184 g/mol. The van der Waals surface area contributed by atoms with E-state index < -0.39 is 12.1 Å². The van der Waals surface area contributed by atoms with Crippen molar-refractivity contribution in [3.63, 3.8) is 0 Å². The van der Waals surface area contributed by atoms with E-state index >= 15 is 0 Å². The molecule has 1 aliphatic heterocycles. The van der Waals surface area contributed by atoms with Crippen molar-refractivity contribution < 1.29 is 14.7 Å². The Kier molecular flexibility index (Phi) is 3.89. The van der Waals surface area contributed by atoms with Crippen LogP contribution in [0.4, 0.5) is 0 Å². The molecule has 1 fully saturated rings. The van der Waals surface area contributed by atoms with Gasteiger partial charge < -0.3 is 10.4 Å². The molecule has 0 aromatic carbocycles. The summed E-state index contributed by atoms with van der Waals surface area (Å²) < 4.78 is 0. The molecule has 5 nitrogen and oxygen atoms in total. The average molecular weight is 198 g/mol. The van der Waals surface area contributed by atoms with Crippen molar-refractivity contribution in [2.75, 3.05) is 19.7 Å². The second kappa shape index (κ2) is 4.96. The van der Waals surface area contributed by atoms with E-state index in [1.165, 1.54) is 5.06 Å². The number of nitrogens with zero attached hydrogens (tertiary/aromatic N) is 1. The van der Waals surface area contributed by atoms with Gasteiger partial charge in [0, 0.05) is 0 Å². The van der Waals surface area contributed by atoms with Crippen LogP contribution in [0.5, 0.6) is 0 Å². The van der Waals surface area contributed by atoms with E-state index in [2.05, 4.69) is 11.2 Å². The lowest BCUT2D eigenvalue weighted by Crippen LogP contribution is -2.43. The number of aliphatic hydroxyl groups excluding tert-OH is 1. The molecule has 0 bridgehead atoms. The fourth-order valence-electron chi connectivity index (χ4n) is 1.18. The van der Waals surface area contributed by atoms with Crippen LogP contribution >= 0.6 is 0 Å². The third-order valence-electron chi connectivity index (χ3n) is 2.00. The van der Waals surface area contributed by atoms with Crippen molar-refractivity contribution in [3.05, 3.63) is 0 Å². The Bertz CT molecular complexity index is 249. The Morgan fingerprint density at radius 1 is 1.93 bits per heavy atom. The number of nitrogens with one attached hydrogen (secondary N) is 1. The second-order valence-electron chi connectivity index (χ2n) is 3.15. The van der Waals surface area contributed by atoms with Crippen LogP contribution < -0.4 is 5.32 Å². The SMILES string of the molecule is C#CCNC(=O)C(C)N1C[C@@H](O)CO1. The van der Waals surface area contributed by atoms with Crippen LogP contribution in [0.3, 0.4) is 0 Å². The molecule has 78 valence electrons. The lowest BCUT2D eigenvalue weighted by atomic mass is 10.3. The highest BCUT2D eigenvalue weighted by Gasteiger charge is 2.29. The molecule has 0 saturated carbocycles. The molecule has 0 aromatic rings. The van der Waals surface area contributed by atoms with Crippen LogP contribution in [0.25, 0.3) is 0 Å². The van der Waals surface area contributed by atoms with Gasteiger partial charge in [-0.15, -0.1) is 6.42 Å². The summed E-state index contributed by atoms with van der Waals surface area (Å²) >= 11 is 0. The number of terminal acetylenes is 1. The first-order valence-corrected chi connectivity index (χ1v) is 4.44. The standard InChI is InChI=1S/C9H14N2O3/c1-3-4-10-9(13)7(2)11-5-8(12)6-14-11/h1,7-8,12H,4-6H2,2H3,(H,10,13)/t7?,8-/m1/s1. The van der Waals surface area contributed by atoms with E-state index in [0.29, 0.717) is 6.54 Å². The summed E-state index contributed by atoms with van der Waals surface area (Å²) in [7, 11) is 0. The summed E-state index contributed by atoms with van der Waals surface area (Å²) in [6.07, 6.45) is 4.49. The van der Waals surface area contributed by atoms with Gasteiger partial charge in [-0.25, -0.2) is 0 Å². The molecule has 1 amide bonds. The number of carbonyl (C=O) groups is 1. The maximum absolute atomic E-state index is 11.4. The molecular formula is C9H14N2O3. The van der Waals surface area contributed by atoms with E-state index in [4.69, 9.17) is 11.3 Å². The number of rotatable bonds is 3. The van der Waals surface area contributed by atoms with Crippen molar-refractivity contribution in [1.29, 1.82) is 0 Å². The molecule has 2 atom stereocenters. The van der Waals surface area contributed by atoms with Crippen LogP contribution in [0.15, 0.2) is 0 Å². The van der Waals surface area contributed by atoms with E-state index in [1.54, 1.807) is 6.92 Å². The molecule has 1 unspecified atom stereocenters. The minimum atomic E-state index is -0.516. The first-order valence-electron chi connectivity index (χ1n) is 4.44. The molecule has 1 rings (SSSR count). The number of hydroxylamine groups is 2. The Balaban J connectivity index is 2.37. The van der Waals surface area contributed by atoms with Crippen molar-refractivity contribution in [2.24, 2.45) is 0 Å². The lowest BCUT2D eigenvalue weighted by Gasteiger charge is -2.20. The van der Waals surface area contributed by atoms with Gasteiger partial charge in [-0.1, -0.05) is 5.92 Å². The zero-order chi connectivity index (χ0) is 10.6. The Hall–Kier alpha value is -1.09. The zero-order valence-electron chi connectivity index (χ0n) is 8.06. The maximum Gasteiger partial charge on any atom is 0.240 e. The summed E-state index contributed by atoms with van der Waals surface area (Å²) in [5.41, 5.74) is 0. The summed E-state index contributed by atoms with van der Waals surface area (Å²) in [4.78, 5) is 16.5. The van der Waals surface area contributed by atoms with E-state index in [9.17, 15) is 9.90 Å². The topological polar surface area (TPSA) is 61.8 Å². The molecule has 0 aromatic heterocycles. The second-order valence-corrected chi connectivity index (χ2v) is 3.15. The smallest absolute Gasteiger partial charge is 0.240 e. The third-order valence-corrected chi connectivity index (χ3v) is 2.00. The minimum absolute atomic E-state index is 0.197. The van der Waals surface area contributed by atoms with Crippen molar-refractivity contribution in [1.82, 2.24) is 10.4 Å². The van der Waals surface area contributed by atoms with Gasteiger partial charge in [-0.3, -0.25) is 9.63 Å². The summed E-state index contributed by atoms with van der Waals surface area (Å²) in [5, 5.41) is 13.2. The molecule has 14 heavy (non-hydrogen) atoms. The van der Waals surface area contributed by atoms with E-state index in [-0.39, 0.29) is 19.1 Å². The molecule has 0 radical (unpaired) electrons. The van der Waals surface area contributed by atoms with Crippen LogP contribution in [0.2, 0.25) is 0 Å². The van der Waals surface area contributed by atoms with Gasteiger partial charge in [-0.2, -0.15) is 5.06 Å². The zero-order valence-corrected chi connectivity index (χ0v) is 8.06. The average Bonchev–Trinajstić information content (AvgIpc) is 2.60. The molecule has 1 heterocycles. The molecule has 0 aliphatic carbocycles. The molecule has 0 spiro atoms. The number of hydrogen-bond acceptors (Lipinski definition) is 4. The minimum Gasteiger partial charge on any atom is -0.389 e. The van der Waals surface area contributed by atoms with Gasteiger partial charge in [0.1, 0.15) is 6.04 Å². The molecule has 2 N–H and O–H groups in total. The van der Waals surface area contributed by atoms with Crippen LogP contribution in [-0.2, 0) is 9.63 Å². The highest BCUT2D eigenvalue weighted by molar-refractivity contribution is 5.81. The summed E-state index contributed by atoms with van der Waals surface area (Å²) in [6.45, 7) is 2.50. The molecule has 5 heteroatoms. The molecule has 1 aliphatic rings. The van der Waals surface area contributed by atoms with Crippen LogP contribution in [0, 0.1) is 12.3 Å². The maximum atomic E-state index is 11.4. The van der Waals surface area contributed by atoms with Gasteiger partial charge in [0.05, 0.1) is 25.8 Å². The third kappa shape index (κ3) is 2.70. The van der Waals surface area contributed by atoms with Crippen LogP contribution in [0.1, 0.15) is 6.92 Å². The first kappa shape index (κ1) is 11.0. The molecule has 1 saturated heterocycles. The largest absolute Gasteiger partial charge is 0.389 e. The van der Waals surface area contributed by atoms with Crippen LogP contribution in [-0.4, -0.2) is 47.9 Å². The first-order chi connectivity index (χ1) is 6.65. The monoisotopic (exact) mass is 198 g/mol. The summed E-state index contributed by atoms with van der Waals surface area (Å²) in [5.74, 6) is 2.11. The number of aliphatic hydroxyl groups is 1. The predicted molar refractivity (Wildman–Crippen MR) is 50.0 cm³/mol. The van der Waals surface area contributed by atoms with Gasteiger partial charge >= 0.3 is 0 Å². The van der Waals surface area contributed by atoms with Gasteiger partial charge in [0.25, 0.3) is 0 Å². The van der Waals surface area contributed by atoms with Crippen molar-refractivity contribution in [3.8, 4) is 12.3 Å². The Labute approximate surface area is 83.0 Å². The fraction of sp³-hybridized carbons (Fsp3) is 0.667. The lowest BCUT2D eigenvalue weighted by molar-refractivity contribution is -0.158. The van der Waals surface area contributed by atoms with Gasteiger partial charge in [-0.05, 0) is 6.92 Å². The summed E-state index contributed by atoms with van der Waals surface area (Å²) in [6, 6.07) is -0.430. The number of carbonyl (C=O) groups excluding carboxylic acids is 1. The fourth-order valence-corrected chi connectivity index (χ4v) is 1.18. The quantitative estimate of drug-likeness (QED) is 0.555. The number of amides is 1. The Morgan fingerprint density at radius 3 is 3.14 bits per heavy atom. The van der Waals surface area contributed by atoms with Crippen molar-refractivity contribution in [2.45, 2.75) is 19.1 Å².